The molecular formula is C17H16N2O2. The van der Waals surface area contributed by atoms with Crippen LogP contribution in [0.4, 0.5) is 5.69 Å². The smallest absolute Gasteiger partial charge is 0.265 e. The van der Waals surface area contributed by atoms with Crippen molar-refractivity contribution in [3.05, 3.63) is 59.7 Å². The maximum Gasteiger partial charge on any atom is 0.265 e. The lowest BCUT2D eigenvalue weighted by Gasteiger charge is -2.14. The van der Waals surface area contributed by atoms with Gasteiger partial charge in [0.2, 0.25) is 0 Å². The Balaban J connectivity index is 1.95. The van der Waals surface area contributed by atoms with Crippen LogP contribution in [0.1, 0.15) is 18.1 Å². The minimum absolute atomic E-state index is 0.219. The fourth-order valence-electron chi connectivity index (χ4n) is 1.75. The van der Waals surface area contributed by atoms with Gasteiger partial charge >= 0.3 is 0 Å². The van der Waals surface area contributed by atoms with Crippen LogP contribution >= 0.6 is 0 Å². The lowest BCUT2D eigenvalue weighted by atomic mass is 10.2. The Labute approximate surface area is 124 Å². The van der Waals surface area contributed by atoms with E-state index in [0.29, 0.717) is 11.3 Å². The number of ether oxygens (including phenoxy) is 1. The highest BCUT2D eigenvalue weighted by Gasteiger charge is 2.14. The molecule has 0 aliphatic carbocycles. The van der Waals surface area contributed by atoms with Gasteiger partial charge in [0.25, 0.3) is 5.91 Å². The molecule has 106 valence electrons. The molecule has 0 aromatic heterocycles. The molecule has 0 fully saturated rings. The Morgan fingerprint density at radius 2 is 1.76 bits per heavy atom. The SMILES string of the molecule is Cc1ccc(NC(=O)[C@H](C)Oc2ccc(C#N)cc2)cc1. The molecule has 1 N–H and O–H groups in total. The maximum absolute atomic E-state index is 12.0. The molecule has 0 heterocycles. The third-order valence-corrected chi connectivity index (χ3v) is 2.98. The van der Waals surface area contributed by atoms with E-state index in [0.717, 1.165) is 11.3 Å². The average molecular weight is 280 g/mol. The van der Waals surface area contributed by atoms with E-state index in [4.69, 9.17) is 10.00 Å². The second kappa shape index (κ2) is 6.58. The summed E-state index contributed by atoms with van der Waals surface area (Å²) in [5.74, 6) is 0.337. The van der Waals surface area contributed by atoms with E-state index < -0.39 is 6.10 Å². The molecule has 0 spiro atoms. The number of hydrogen-bond donors (Lipinski definition) is 1. The van der Waals surface area contributed by atoms with Gasteiger partial charge in [0, 0.05) is 5.69 Å². The van der Waals surface area contributed by atoms with Crippen molar-refractivity contribution in [3.63, 3.8) is 0 Å². The van der Waals surface area contributed by atoms with Crippen LogP contribution in [0.2, 0.25) is 0 Å². The highest BCUT2D eigenvalue weighted by molar-refractivity contribution is 5.94. The minimum atomic E-state index is -0.626. The molecule has 4 nitrogen and oxygen atoms in total. The molecule has 4 heteroatoms. The molecule has 0 bridgehead atoms. The van der Waals surface area contributed by atoms with E-state index in [1.54, 1.807) is 31.2 Å². The molecule has 1 atom stereocenters. The maximum atomic E-state index is 12.0. The number of carbonyl (C=O) groups is 1. The van der Waals surface area contributed by atoms with E-state index in [1.807, 2.05) is 37.3 Å². The standard InChI is InChI=1S/C17H16N2O2/c1-12-3-7-15(8-4-12)19-17(20)13(2)21-16-9-5-14(11-18)6-10-16/h3-10,13H,1-2H3,(H,19,20)/t13-/m0/s1. The summed E-state index contributed by atoms with van der Waals surface area (Å²) in [4.78, 5) is 12.0. The molecular weight excluding hydrogens is 264 g/mol. The fourth-order valence-corrected chi connectivity index (χ4v) is 1.75. The van der Waals surface area contributed by atoms with Gasteiger partial charge in [-0.05, 0) is 50.2 Å². The van der Waals surface area contributed by atoms with Gasteiger partial charge in [-0.3, -0.25) is 4.79 Å². The molecule has 21 heavy (non-hydrogen) atoms. The first-order valence-electron chi connectivity index (χ1n) is 6.63. The summed E-state index contributed by atoms with van der Waals surface area (Å²) < 4.78 is 5.55. The van der Waals surface area contributed by atoms with E-state index in [2.05, 4.69) is 5.32 Å². The number of benzene rings is 2. The quantitative estimate of drug-likeness (QED) is 0.935. The Morgan fingerprint density at radius 1 is 1.14 bits per heavy atom. The van der Waals surface area contributed by atoms with Crippen LogP contribution in [-0.4, -0.2) is 12.0 Å². The average Bonchev–Trinajstić information content (AvgIpc) is 2.50. The third kappa shape index (κ3) is 4.08. The van der Waals surface area contributed by atoms with Gasteiger partial charge in [0.05, 0.1) is 11.6 Å². The van der Waals surface area contributed by atoms with Gasteiger partial charge in [-0.2, -0.15) is 5.26 Å². The Hall–Kier alpha value is -2.80. The second-order valence-electron chi connectivity index (χ2n) is 4.75. The highest BCUT2D eigenvalue weighted by Crippen LogP contribution is 2.15. The first-order chi connectivity index (χ1) is 10.1. The number of anilines is 1. The molecule has 2 rings (SSSR count). The zero-order chi connectivity index (χ0) is 15.2. The van der Waals surface area contributed by atoms with Crippen LogP contribution < -0.4 is 10.1 Å². The number of aryl methyl sites for hydroxylation is 1. The van der Waals surface area contributed by atoms with Gasteiger partial charge in [-0.25, -0.2) is 0 Å². The van der Waals surface area contributed by atoms with Crippen LogP contribution in [0.25, 0.3) is 0 Å². The predicted molar refractivity (Wildman–Crippen MR) is 81.1 cm³/mol. The van der Waals surface area contributed by atoms with Gasteiger partial charge in [-0.1, -0.05) is 17.7 Å². The number of rotatable bonds is 4. The van der Waals surface area contributed by atoms with Crippen molar-refractivity contribution in [1.29, 1.82) is 5.26 Å². The van der Waals surface area contributed by atoms with Crippen LogP contribution in [0.3, 0.4) is 0 Å². The Kier molecular flexibility index (Phi) is 4.57. The van der Waals surface area contributed by atoms with Crippen molar-refractivity contribution in [3.8, 4) is 11.8 Å². The molecule has 0 saturated heterocycles. The number of amides is 1. The molecule has 0 unspecified atom stereocenters. The normalized spacial score (nSPS) is 11.3. The summed E-state index contributed by atoms with van der Waals surface area (Å²) in [5.41, 5.74) is 2.43. The zero-order valence-corrected chi connectivity index (χ0v) is 12.0. The van der Waals surface area contributed by atoms with Gasteiger partial charge < -0.3 is 10.1 Å². The molecule has 0 radical (unpaired) electrons. The number of nitrogens with zero attached hydrogens (tertiary/aromatic N) is 1. The van der Waals surface area contributed by atoms with Crippen LogP contribution in [0.15, 0.2) is 48.5 Å². The van der Waals surface area contributed by atoms with Crippen LogP contribution in [0, 0.1) is 18.3 Å². The second-order valence-corrected chi connectivity index (χ2v) is 4.75. The van der Waals surface area contributed by atoms with Crippen molar-refractivity contribution in [2.24, 2.45) is 0 Å². The summed E-state index contributed by atoms with van der Waals surface area (Å²) in [6, 6.07) is 16.2. The van der Waals surface area contributed by atoms with Gasteiger partial charge in [-0.15, -0.1) is 0 Å². The monoisotopic (exact) mass is 280 g/mol. The van der Waals surface area contributed by atoms with Crippen molar-refractivity contribution in [1.82, 2.24) is 0 Å². The van der Waals surface area contributed by atoms with Crippen LogP contribution in [0.5, 0.6) is 5.75 Å². The summed E-state index contributed by atoms with van der Waals surface area (Å²) in [5, 5.41) is 11.5. The molecule has 0 saturated carbocycles. The van der Waals surface area contributed by atoms with E-state index >= 15 is 0 Å². The summed E-state index contributed by atoms with van der Waals surface area (Å²) >= 11 is 0. The first kappa shape index (κ1) is 14.6. The van der Waals surface area contributed by atoms with Crippen molar-refractivity contribution < 1.29 is 9.53 Å². The van der Waals surface area contributed by atoms with Crippen molar-refractivity contribution in [2.75, 3.05) is 5.32 Å². The van der Waals surface area contributed by atoms with Gasteiger partial charge in [0.1, 0.15) is 5.75 Å². The molecule has 0 aliphatic rings. The summed E-state index contributed by atoms with van der Waals surface area (Å²) in [6.07, 6.45) is -0.626. The number of nitrogens with one attached hydrogen (secondary N) is 1. The molecule has 2 aromatic rings. The number of hydrogen-bond acceptors (Lipinski definition) is 3. The third-order valence-electron chi connectivity index (χ3n) is 2.98. The fraction of sp³-hybridized carbons (Fsp3) is 0.176. The largest absolute Gasteiger partial charge is 0.481 e. The summed E-state index contributed by atoms with van der Waals surface area (Å²) in [7, 11) is 0. The summed E-state index contributed by atoms with van der Waals surface area (Å²) in [6.45, 7) is 3.67. The zero-order valence-electron chi connectivity index (χ0n) is 12.0. The predicted octanol–water partition coefficient (Wildman–Crippen LogP) is 3.27. The molecule has 0 aliphatic heterocycles. The van der Waals surface area contributed by atoms with Crippen molar-refractivity contribution in [2.45, 2.75) is 20.0 Å². The highest BCUT2D eigenvalue weighted by atomic mass is 16.5. The molecule has 1 amide bonds. The Bertz CT molecular complexity index is 655. The lowest BCUT2D eigenvalue weighted by molar-refractivity contribution is -0.122. The van der Waals surface area contributed by atoms with Crippen LogP contribution in [-0.2, 0) is 4.79 Å². The van der Waals surface area contributed by atoms with E-state index in [1.165, 1.54) is 0 Å². The lowest BCUT2D eigenvalue weighted by Crippen LogP contribution is -2.30. The van der Waals surface area contributed by atoms with Gasteiger partial charge in [0.15, 0.2) is 6.10 Å². The topological polar surface area (TPSA) is 62.1 Å². The minimum Gasteiger partial charge on any atom is -0.481 e. The van der Waals surface area contributed by atoms with Crippen molar-refractivity contribution >= 4 is 11.6 Å². The van der Waals surface area contributed by atoms with E-state index in [9.17, 15) is 4.79 Å². The first-order valence-corrected chi connectivity index (χ1v) is 6.63. The number of nitriles is 1. The molecule has 2 aromatic carbocycles. The Morgan fingerprint density at radius 3 is 2.33 bits per heavy atom. The van der Waals surface area contributed by atoms with E-state index in [-0.39, 0.29) is 5.91 Å². The number of carbonyl (C=O) groups excluding carboxylic acids is 1.